The fourth-order valence-corrected chi connectivity index (χ4v) is 3.33. The largest absolute Gasteiger partial charge is 0.382 e. The van der Waals surface area contributed by atoms with Gasteiger partial charge in [0.1, 0.15) is 0 Å². The Balaban J connectivity index is 1.92. The van der Waals surface area contributed by atoms with Gasteiger partial charge in [-0.1, -0.05) is 19.9 Å². The van der Waals surface area contributed by atoms with Gasteiger partial charge in [-0.2, -0.15) is 0 Å². The lowest BCUT2D eigenvalue weighted by Gasteiger charge is -2.33. The Morgan fingerprint density at radius 1 is 1.33 bits per heavy atom. The van der Waals surface area contributed by atoms with Gasteiger partial charge in [-0.3, -0.25) is 0 Å². The van der Waals surface area contributed by atoms with E-state index >= 15 is 0 Å². The summed E-state index contributed by atoms with van der Waals surface area (Å²) in [5.74, 6) is 0.695. The number of hydrogen-bond donors (Lipinski definition) is 2. The summed E-state index contributed by atoms with van der Waals surface area (Å²) >= 11 is 0. The fraction of sp³-hybridized carbons (Fsp3) is 0.600. The van der Waals surface area contributed by atoms with Crippen LogP contribution in [0.25, 0.3) is 0 Å². The summed E-state index contributed by atoms with van der Waals surface area (Å²) in [6, 6.07) is 7.12. The van der Waals surface area contributed by atoms with Crippen LogP contribution >= 0.6 is 0 Å². The molecule has 1 saturated heterocycles. The van der Waals surface area contributed by atoms with Crippen LogP contribution < -0.4 is 10.5 Å². The second-order valence-corrected chi connectivity index (χ2v) is 7.75. The van der Waals surface area contributed by atoms with Gasteiger partial charge in [-0.25, -0.2) is 13.6 Å². The second kappa shape index (κ2) is 6.77. The van der Waals surface area contributed by atoms with Gasteiger partial charge in [-0.05, 0) is 37.0 Å². The maximum Gasteiger partial charge on any atom is 0.238 e. The van der Waals surface area contributed by atoms with Gasteiger partial charge in [0, 0.05) is 31.4 Å². The third kappa shape index (κ3) is 4.98. The molecule has 3 N–H and O–H groups in total. The maximum atomic E-state index is 11.4. The first-order chi connectivity index (χ1) is 9.84. The van der Waals surface area contributed by atoms with Crippen LogP contribution in [0.5, 0.6) is 0 Å². The van der Waals surface area contributed by atoms with E-state index in [1.165, 1.54) is 6.07 Å². The number of piperidine rings is 1. The number of primary sulfonamides is 1. The van der Waals surface area contributed by atoms with Crippen molar-refractivity contribution in [2.75, 3.05) is 25.0 Å². The van der Waals surface area contributed by atoms with E-state index in [1.54, 1.807) is 12.1 Å². The predicted molar refractivity (Wildman–Crippen MR) is 85.7 cm³/mol. The van der Waals surface area contributed by atoms with Crippen LogP contribution in [-0.4, -0.2) is 39.0 Å². The third-order valence-electron chi connectivity index (χ3n) is 3.74. The van der Waals surface area contributed by atoms with Crippen molar-refractivity contribution in [1.29, 1.82) is 0 Å². The lowest BCUT2D eigenvalue weighted by molar-refractivity contribution is 0.198. The van der Waals surface area contributed by atoms with Crippen LogP contribution in [0.4, 0.5) is 5.69 Å². The standard InChI is InChI=1S/C15H25N3O2S/c1-12(2)11-18-8-6-13(7-9-18)17-14-4-3-5-15(10-14)21(16,19)20/h3-5,10,12-13,17H,6-9,11H2,1-2H3,(H2,16,19,20). The Bertz CT molecular complexity index is 564. The minimum atomic E-state index is -3.64. The molecule has 0 unspecified atom stereocenters. The van der Waals surface area contributed by atoms with E-state index in [0.717, 1.165) is 38.2 Å². The molecule has 6 heteroatoms. The van der Waals surface area contributed by atoms with Crippen molar-refractivity contribution in [2.24, 2.45) is 11.1 Å². The zero-order chi connectivity index (χ0) is 15.5. The maximum absolute atomic E-state index is 11.4. The first kappa shape index (κ1) is 16.3. The minimum Gasteiger partial charge on any atom is -0.382 e. The molecule has 1 fully saturated rings. The van der Waals surface area contributed by atoms with E-state index in [4.69, 9.17) is 5.14 Å². The van der Waals surface area contributed by atoms with Crippen molar-refractivity contribution in [2.45, 2.75) is 37.6 Å². The van der Waals surface area contributed by atoms with E-state index in [-0.39, 0.29) is 4.90 Å². The number of benzene rings is 1. The molecule has 0 atom stereocenters. The van der Waals surface area contributed by atoms with Crippen molar-refractivity contribution in [3.63, 3.8) is 0 Å². The highest BCUT2D eigenvalue weighted by Gasteiger charge is 2.19. The van der Waals surface area contributed by atoms with Crippen LogP contribution in [0.1, 0.15) is 26.7 Å². The average molecular weight is 311 g/mol. The van der Waals surface area contributed by atoms with Crippen molar-refractivity contribution >= 4 is 15.7 Å². The Hall–Kier alpha value is -1.11. The van der Waals surface area contributed by atoms with E-state index in [1.807, 2.05) is 6.07 Å². The smallest absolute Gasteiger partial charge is 0.238 e. The summed E-state index contributed by atoms with van der Waals surface area (Å²) in [7, 11) is -3.64. The molecular weight excluding hydrogens is 286 g/mol. The quantitative estimate of drug-likeness (QED) is 0.870. The highest BCUT2D eigenvalue weighted by atomic mass is 32.2. The molecule has 1 aromatic rings. The molecule has 21 heavy (non-hydrogen) atoms. The number of hydrogen-bond acceptors (Lipinski definition) is 4. The van der Waals surface area contributed by atoms with Crippen LogP contribution in [0, 0.1) is 5.92 Å². The lowest BCUT2D eigenvalue weighted by Crippen LogP contribution is -2.40. The van der Waals surface area contributed by atoms with Gasteiger partial charge in [0.25, 0.3) is 0 Å². The molecule has 1 heterocycles. The summed E-state index contributed by atoms with van der Waals surface area (Å²) in [5.41, 5.74) is 0.823. The summed E-state index contributed by atoms with van der Waals surface area (Å²) in [6.07, 6.45) is 2.15. The van der Waals surface area contributed by atoms with Crippen molar-refractivity contribution in [3.05, 3.63) is 24.3 Å². The Morgan fingerprint density at radius 3 is 2.57 bits per heavy atom. The van der Waals surface area contributed by atoms with E-state index in [2.05, 4.69) is 24.1 Å². The van der Waals surface area contributed by atoms with Crippen LogP contribution in [0.3, 0.4) is 0 Å². The van der Waals surface area contributed by atoms with E-state index < -0.39 is 10.0 Å². The normalized spacial score (nSPS) is 18.1. The molecule has 1 aliphatic heterocycles. The number of sulfonamides is 1. The Kier molecular flexibility index (Phi) is 5.24. The van der Waals surface area contributed by atoms with Gasteiger partial charge >= 0.3 is 0 Å². The third-order valence-corrected chi connectivity index (χ3v) is 4.66. The molecule has 2 rings (SSSR count). The van der Waals surface area contributed by atoms with Gasteiger partial charge in [0.05, 0.1) is 4.90 Å². The molecule has 0 aromatic heterocycles. The number of nitrogens with one attached hydrogen (secondary N) is 1. The first-order valence-corrected chi connectivity index (χ1v) is 9.01. The van der Waals surface area contributed by atoms with Crippen LogP contribution in [-0.2, 0) is 10.0 Å². The van der Waals surface area contributed by atoms with Crippen molar-refractivity contribution in [1.82, 2.24) is 4.90 Å². The summed E-state index contributed by atoms with van der Waals surface area (Å²) in [4.78, 5) is 2.65. The summed E-state index contributed by atoms with van der Waals surface area (Å²) in [5, 5.41) is 8.58. The van der Waals surface area contributed by atoms with E-state index in [9.17, 15) is 8.42 Å². The predicted octanol–water partition coefficient (Wildman–Crippen LogP) is 1.87. The van der Waals surface area contributed by atoms with Crippen LogP contribution in [0.15, 0.2) is 29.2 Å². The Labute approximate surface area is 127 Å². The molecule has 0 aliphatic carbocycles. The first-order valence-electron chi connectivity index (χ1n) is 7.46. The molecule has 0 saturated carbocycles. The monoisotopic (exact) mass is 311 g/mol. The molecular formula is C15H25N3O2S. The summed E-state index contributed by atoms with van der Waals surface area (Å²) in [6.45, 7) is 7.80. The number of likely N-dealkylation sites (tertiary alicyclic amines) is 1. The zero-order valence-corrected chi connectivity index (χ0v) is 13.6. The van der Waals surface area contributed by atoms with Gasteiger partial charge < -0.3 is 10.2 Å². The Morgan fingerprint density at radius 2 is 2.00 bits per heavy atom. The lowest BCUT2D eigenvalue weighted by atomic mass is 10.0. The highest BCUT2D eigenvalue weighted by Crippen LogP contribution is 2.19. The molecule has 118 valence electrons. The van der Waals surface area contributed by atoms with Gasteiger partial charge in [0.2, 0.25) is 10.0 Å². The van der Waals surface area contributed by atoms with Crippen molar-refractivity contribution < 1.29 is 8.42 Å². The molecule has 1 aromatic carbocycles. The molecule has 1 aliphatic rings. The van der Waals surface area contributed by atoms with Gasteiger partial charge in [-0.15, -0.1) is 0 Å². The fourth-order valence-electron chi connectivity index (χ4n) is 2.77. The van der Waals surface area contributed by atoms with Crippen LogP contribution in [0.2, 0.25) is 0 Å². The van der Waals surface area contributed by atoms with Gasteiger partial charge in [0.15, 0.2) is 0 Å². The topological polar surface area (TPSA) is 75.4 Å². The molecule has 0 amide bonds. The second-order valence-electron chi connectivity index (χ2n) is 6.19. The highest BCUT2D eigenvalue weighted by molar-refractivity contribution is 7.89. The van der Waals surface area contributed by atoms with Crippen molar-refractivity contribution in [3.8, 4) is 0 Å². The van der Waals surface area contributed by atoms with E-state index in [0.29, 0.717) is 12.0 Å². The number of rotatable bonds is 5. The summed E-state index contributed by atoms with van der Waals surface area (Å²) < 4.78 is 22.7. The molecule has 0 spiro atoms. The number of nitrogens with two attached hydrogens (primary N) is 1. The molecule has 5 nitrogen and oxygen atoms in total. The number of anilines is 1. The zero-order valence-electron chi connectivity index (χ0n) is 12.7. The average Bonchev–Trinajstić information content (AvgIpc) is 2.40. The SMILES string of the molecule is CC(C)CN1CCC(Nc2cccc(S(N)(=O)=O)c2)CC1. The number of nitrogens with zero attached hydrogens (tertiary/aromatic N) is 1. The minimum absolute atomic E-state index is 0.157. The molecule has 0 bridgehead atoms. The molecule has 0 radical (unpaired) electrons.